The highest BCUT2D eigenvalue weighted by Crippen LogP contribution is 2.35. The van der Waals surface area contributed by atoms with Crippen LogP contribution in [0.5, 0.6) is 5.75 Å². The van der Waals surface area contributed by atoms with Crippen molar-refractivity contribution in [2.45, 2.75) is 18.9 Å². The van der Waals surface area contributed by atoms with Crippen LogP contribution >= 0.6 is 11.3 Å². The zero-order valence-corrected chi connectivity index (χ0v) is 15.8. The predicted molar refractivity (Wildman–Crippen MR) is 105 cm³/mol. The molecule has 1 amide bonds. The van der Waals surface area contributed by atoms with Gasteiger partial charge in [-0.3, -0.25) is 14.2 Å². The monoisotopic (exact) mass is 396 g/mol. The van der Waals surface area contributed by atoms with Crippen LogP contribution in [0.2, 0.25) is 0 Å². The lowest BCUT2D eigenvalue weighted by Gasteiger charge is -2.23. The molecule has 0 aliphatic carbocycles. The number of rotatable bonds is 3. The van der Waals surface area contributed by atoms with Gasteiger partial charge in [0, 0.05) is 23.4 Å². The second-order valence-corrected chi connectivity index (χ2v) is 7.53. The summed E-state index contributed by atoms with van der Waals surface area (Å²) >= 11 is 1.20. The number of benzene rings is 1. The van der Waals surface area contributed by atoms with E-state index in [9.17, 15) is 19.6 Å². The number of piperidine rings is 1. The van der Waals surface area contributed by atoms with Gasteiger partial charge in [-0.1, -0.05) is 0 Å². The third-order valence-corrected chi connectivity index (χ3v) is 5.96. The first-order chi connectivity index (χ1) is 13.5. The van der Waals surface area contributed by atoms with Crippen molar-refractivity contribution in [1.29, 1.82) is 5.26 Å². The van der Waals surface area contributed by atoms with Crippen LogP contribution in [0.1, 0.15) is 24.4 Å². The summed E-state index contributed by atoms with van der Waals surface area (Å²) in [6.45, 7) is 0.429. The molecule has 2 aromatic heterocycles. The number of nitrogens with zero attached hydrogens (tertiary/aromatic N) is 2. The largest absolute Gasteiger partial charge is 0.497 e. The maximum Gasteiger partial charge on any atom is 0.329 e. The van der Waals surface area contributed by atoms with Crippen molar-refractivity contribution in [1.82, 2.24) is 14.9 Å². The second kappa shape index (κ2) is 6.98. The van der Waals surface area contributed by atoms with E-state index in [2.05, 4.69) is 16.4 Å². The number of carbonyl (C=O) groups is 1. The first-order valence-corrected chi connectivity index (χ1v) is 9.47. The van der Waals surface area contributed by atoms with Crippen LogP contribution in [-0.4, -0.2) is 29.1 Å². The highest BCUT2D eigenvalue weighted by molar-refractivity contribution is 7.22. The van der Waals surface area contributed by atoms with Crippen LogP contribution in [0.4, 0.5) is 0 Å². The van der Waals surface area contributed by atoms with E-state index in [0.717, 1.165) is 4.57 Å². The van der Waals surface area contributed by atoms with Crippen LogP contribution in [0, 0.1) is 11.3 Å². The number of nitrogens with one attached hydrogen (secondary N) is 2. The molecule has 2 N–H and O–H groups in total. The van der Waals surface area contributed by atoms with Crippen molar-refractivity contribution in [3.05, 3.63) is 50.7 Å². The van der Waals surface area contributed by atoms with Crippen LogP contribution in [-0.2, 0) is 4.79 Å². The molecule has 1 fully saturated rings. The van der Waals surface area contributed by atoms with Gasteiger partial charge in [0.15, 0.2) is 0 Å². The van der Waals surface area contributed by atoms with Crippen molar-refractivity contribution in [2.75, 3.05) is 13.7 Å². The number of thiophene rings is 1. The Bertz CT molecular complexity index is 1250. The summed E-state index contributed by atoms with van der Waals surface area (Å²) in [6.07, 6.45) is 0.619. The van der Waals surface area contributed by atoms with Crippen molar-refractivity contribution >= 4 is 27.5 Å². The van der Waals surface area contributed by atoms with Crippen molar-refractivity contribution in [3.8, 4) is 22.3 Å². The Morgan fingerprint density at radius 3 is 2.82 bits per heavy atom. The molecule has 28 heavy (non-hydrogen) atoms. The van der Waals surface area contributed by atoms with Gasteiger partial charge in [0.2, 0.25) is 5.91 Å². The highest BCUT2D eigenvalue weighted by atomic mass is 32.1. The van der Waals surface area contributed by atoms with Crippen LogP contribution < -0.4 is 21.3 Å². The topological polar surface area (TPSA) is 117 Å². The van der Waals surface area contributed by atoms with Crippen molar-refractivity contribution in [3.63, 3.8) is 0 Å². The van der Waals surface area contributed by atoms with Crippen LogP contribution in [0.25, 0.3) is 20.7 Å². The van der Waals surface area contributed by atoms with Gasteiger partial charge >= 0.3 is 5.69 Å². The minimum Gasteiger partial charge on any atom is -0.497 e. The minimum atomic E-state index is -0.535. The Hall–Kier alpha value is -3.38. The van der Waals surface area contributed by atoms with Gasteiger partial charge in [0.05, 0.1) is 30.3 Å². The minimum absolute atomic E-state index is 0.0984. The Morgan fingerprint density at radius 1 is 1.29 bits per heavy atom. The molecule has 1 aliphatic rings. The standard InChI is InChI=1S/C19H16N4O4S/c1-27-12-3-2-10(9-20)13(7-12)15-8-14-17(28-15)18(25)23(19(26)22-14)11-4-5-21-16(24)6-11/h2-3,7-8,11H,4-6H2,1H3,(H,21,24)(H,22,26). The third-order valence-electron chi connectivity index (χ3n) is 4.80. The number of aromatic nitrogens is 2. The smallest absolute Gasteiger partial charge is 0.329 e. The summed E-state index contributed by atoms with van der Waals surface area (Å²) in [4.78, 5) is 40.6. The fourth-order valence-electron chi connectivity index (χ4n) is 3.42. The average molecular weight is 396 g/mol. The molecule has 1 atom stereocenters. The van der Waals surface area contributed by atoms with Gasteiger partial charge in [-0.2, -0.15) is 5.26 Å². The molecule has 3 aromatic rings. The molecule has 142 valence electrons. The third kappa shape index (κ3) is 2.97. The molecule has 0 bridgehead atoms. The molecule has 8 nitrogen and oxygen atoms in total. The molecule has 1 unspecified atom stereocenters. The van der Waals surface area contributed by atoms with Crippen LogP contribution in [0.15, 0.2) is 33.9 Å². The summed E-state index contributed by atoms with van der Waals surface area (Å²) in [5.41, 5.74) is 0.535. The molecule has 0 radical (unpaired) electrons. The van der Waals surface area contributed by atoms with Gasteiger partial charge < -0.3 is 15.0 Å². The first-order valence-electron chi connectivity index (χ1n) is 8.65. The number of hydrogen-bond acceptors (Lipinski definition) is 6. The SMILES string of the molecule is COc1ccc(C#N)c(-c2cc3[nH]c(=O)n(C4CCNC(=O)C4)c(=O)c3s2)c1. The maximum atomic E-state index is 13.0. The highest BCUT2D eigenvalue weighted by Gasteiger charge is 2.25. The van der Waals surface area contributed by atoms with Gasteiger partial charge in [0.25, 0.3) is 5.56 Å². The second-order valence-electron chi connectivity index (χ2n) is 6.48. The van der Waals surface area contributed by atoms with Crippen LogP contribution in [0.3, 0.4) is 0 Å². The molecule has 1 saturated heterocycles. The fraction of sp³-hybridized carbons (Fsp3) is 0.263. The number of fused-ring (bicyclic) bond motifs is 1. The fourth-order valence-corrected chi connectivity index (χ4v) is 4.50. The van der Waals surface area contributed by atoms with E-state index in [-0.39, 0.29) is 12.3 Å². The zero-order chi connectivity index (χ0) is 19.8. The predicted octanol–water partition coefficient (Wildman–Crippen LogP) is 1.75. The number of H-pyrrole nitrogens is 1. The molecule has 1 aliphatic heterocycles. The molecular weight excluding hydrogens is 380 g/mol. The molecule has 0 spiro atoms. The van der Waals surface area contributed by atoms with E-state index >= 15 is 0 Å². The summed E-state index contributed by atoms with van der Waals surface area (Å²) in [5.74, 6) is 0.412. The zero-order valence-electron chi connectivity index (χ0n) is 14.9. The number of methoxy groups -OCH3 is 1. The number of carbonyl (C=O) groups excluding carboxylic acids is 1. The molecule has 4 rings (SSSR count). The summed E-state index contributed by atoms with van der Waals surface area (Å²) in [7, 11) is 1.53. The van der Waals surface area contributed by atoms with Gasteiger partial charge in [-0.25, -0.2) is 4.79 Å². The Balaban J connectivity index is 1.89. The summed E-state index contributed by atoms with van der Waals surface area (Å²) < 4.78 is 6.75. The van der Waals surface area contributed by atoms with Crippen molar-refractivity contribution < 1.29 is 9.53 Å². The lowest BCUT2D eigenvalue weighted by atomic mass is 10.1. The van der Waals surface area contributed by atoms with Gasteiger partial charge in [-0.05, 0) is 30.7 Å². The van der Waals surface area contributed by atoms with E-state index < -0.39 is 17.3 Å². The Labute approximate surface area is 163 Å². The molecule has 0 saturated carbocycles. The maximum absolute atomic E-state index is 13.0. The van der Waals surface area contributed by atoms with E-state index in [1.54, 1.807) is 24.3 Å². The lowest BCUT2D eigenvalue weighted by Crippen LogP contribution is -2.43. The van der Waals surface area contributed by atoms with E-state index in [1.807, 2.05) is 0 Å². The number of hydrogen-bond donors (Lipinski definition) is 2. The number of nitriles is 1. The van der Waals surface area contributed by atoms with Crippen molar-refractivity contribution in [2.24, 2.45) is 0 Å². The Kier molecular flexibility index (Phi) is 4.49. The summed E-state index contributed by atoms with van der Waals surface area (Å²) in [5, 5.41) is 12.1. The Morgan fingerprint density at radius 2 is 2.11 bits per heavy atom. The molecule has 3 heterocycles. The summed E-state index contributed by atoms with van der Waals surface area (Å²) in [6, 6.07) is 8.43. The number of ether oxygens (including phenoxy) is 1. The van der Waals surface area contributed by atoms with Gasteiger partial charge in [0.1, 0.15) is 10.4 Å². The lowest BCUT2D eigenvalue weighted by molar-refractivity contribution is -0.123. The van der Waals surface area contributed by atoms with E-state index in [0.29, 0.717) is 44.9 Å². The first kappa shape index (κ1) is 18.0. The van der Waals surface area contributed by atoms with E-state index in [4.69, 9.17) is 4.74 Å². The normalized spacial score (nSPS) is 16.6. The average Bonchev–Trinajstić information content (AvgIpc) is 3.11. The molecule has 1 aromatic carbocycles. The molecule has 9 heteroatoms. The van der Waals surface area contributed by atoms with E-state index in [1.165, 1.54) is 18.4 Å². The quantitative estimate of drug-likeness (QED) is 0.699. The number of amides is 1. The molecular formula is C19H16N4O4S. The number of aromatic amines is 1. The van der Waals surface area contributed by atoms with Gasteiger partial charge in [-0.15, -0.1) is 11.3 Å².